The molecule has 0 aromatic heterocycles. The molecule has 4 nitrogen and oxygen atoms in total. The number of esters is 1. The summed E-state index contributed by atoms with van der Waals surface area (Å²) in [5.74, 6) is -1.01. The van der Waals surface area contributed by atoms with E-state index in [4.69, 9.17) is 4.74 Å². The lowest BCUT2D eigenvalue weighted by Gasteiger charge is -2.20. The Morgan fingerprint density at radius 3 is 2.41 bits per heavy atom. The number of benzene rings is 1. The molecule has 0 heterocycles. The number of hydrogen-bond donors (Lipinski definition) is 2. The Kier molecular flexibility index (Phi) is 7.22. The number of phenols is 2. The van der Waals surface area contributed by atoms with Gasteiger partial charge in [0.15, 0.2) is 11.5 Å². The number of rotatable bonds is 8. The van der Waals surface area contributed by atoms with Gasteiger partial charge in [-0.1, -0.05) is 53.0 Å². The van der Waals surface area contributed by atoms with Crippen LogP contribution in [0.25, 0.3) is 0 Å². The first-order chi connectivity index (χ1) is 10.4. The first-order valence-electron chi connectivity index (χ1n) is 8.18. The second kappa shape index (κ2) is 8.66. The summed E-state index contributed by atoms with van der Waals surface area (Å²) >= 11 is 0. The van der Waals surface area contributed by atoms with Crippen LogP contribution in [0.2, 0.25) is 0 Å². The van der Waals surface area contributed by atoms with Gasteiger partial charge in [-0.25, -0.2) is 0 Å². The van der Waals surface area contributed by atoms with E-state index in [9.17, 15) is 15.0 Å². The van der Waals surface area contributed by atoms with Crippen LogP contribution in [0.15, 0.2) is 12.1 Å². The Balaban J connectivity index is 3.10. The van der Waals surface area contributed by atoms with Crippen LogP contribution in [0.5, 0.6) is 17.2 Å². The third-order valence-electron chi connectivity index (χ3n) is 3.90. The molecule has 0 aliphatic carbocycles. The molecule has 1 unspecified atom stereocenters. The summed E-state index contributed by atoms with van der Waals surface area (Å²) in [5, 5.41) is 19.8. The predicted octanol–water partition coefficient (Wildman–Crippen LogP) is 4.73. The van der Waals surface area contributed by atoms with E-state index in [-0.39, 0.29) is 29.1 Å². The molecule has 4 heteroatoms. The molecule has 1 aromatic rings. The van der Waals surface area contributed by atoms with E-state index in [0.717, 1.165) is 37.7 Å². The van der Waals surface area contributed by atoms with E-state index < -0.39 is 5.97 Å². The summed E-state index contributed by atoms with van der Waals surface area (Å²) in [4.78, 5) is 11.9. The Hall–Kier alpha value is -1.71. The number of phenolic OH excluding ortho intramolecular Hbond substituents is 2. The maximum Gasteiger partial charge on any atom is 0.313 e. The highest BCUT2D eigenvalue weighted by molar-refractivity contribution is 5.76. The molecule has 2 N–H and O–H groups in total. The Morgan fingerprint density at radius 1 is 1.18 bits per heavy atom. The van der Waals surface area contributed by atoms with Gasteiger partial charge in [0, 0.05) is 5.56 Å². The largest absolute Gasteiger partial charge is 0.504 e. The highest BCUT2D eigenvalue weighted by atomic mass is 16.5. The third kappa shape index (κ3) is 4.65. The molecular weight excluding hydrogens is 280 g/mol. The SMILES string of the molecule is CCCCCC(CC)c1ccc(O)c(O)c1OC(=O)C(C)C. The van der Waals surface area contributed by atoms with Crippen LogP contribution in [-0.2, 0) is 4.79 Å². The van der Waals surface area contributed by atoms with E-state index >= 15 is 0 Å². The second-order valence-corrected chi connectivity index (χ2v) is 6.03. The summed E-state index contributed by atoms with van der Waals surface area (Å²) in [7, 11) is 0. The molecule has 0 amide bonds. The van der Waals surface area contributed by atoms with Crippen molar-refractivity contribution in [1.82, 2.24) is 0 Å². The molecule has 0 spiro atoms. The van der Waals surface area contributed by atoms with E-state index in [1.54, 1.807) is 19.9 Å². The van der Waals surface area contributed by atoms with Crippen molar-refractivity contribution >= 4 is 5.97 Å². The minimum atomic E-state index is -0.412. The summed E-state index contributed by atoms with van der Waals surface area (Å²) in [6.07, 6.45) is 5.25. The molecule has 1 atom stereocenters. The van der Waals surface area contributed by atoms with Gasteiger partial charge in [-0.2, -0.15) is 0 Å². The zero-order valence-electron chi connectivity index (χ0n) is 14.1. The molecule has 1 aromatic carbocycles. The highest BCUT2D eigenvalue weighted by Crippen LogP contribution is 2.43. The van der Waals surface area contributed by atoms with Gasteiger partial charge in [0.25, 0.3) is 0 Å². The number of hydrogen-bond acceptors (Lipinski definition) is 4. The quantitative estimate of drug-likeness (QED) is 0.315. The standard InChI is InChI=1S/C18H28O4/c1-5-7-8-9-13(6-2)14-10-11-15(19)16(20)17(14)22-18(21)12(3)4/h10-13,19-20H,5-9H2,1-4H3. The summed E-state index contributed by atoms with van der Waals surface area (Å²) in [5.41, 5.74) is 0.794. The number of unbranched alkanes of at least 4 members (excludes halogenated alkanes) is 2. The maximum absolute atomic E-state index is 11.9. The second-order valence-electron chi connectivity index (χ2n) is 6.03. The van der Waals surface area contributed by atoms with Crippen molar-refractivity contribution in [2.75, 3.05) is 0 Å². The number of carbonyl (C=O) groups is 1. The molecule has 0 aliphatic rings. The first-order valence-corrected chi connectivity index (χ1v) is 8.18. The zero-order chi connectivity index (χ0) is 16.7. The van der Waals surface area contributed by atoms with Crippen LogP contribution < -0.4 is 4.74 Å². The van der Waals surface area contributed by atoms with Gasteiger partial charge in [0.05, 0.1) is 5.92 Å². The van der Waals surface area contributed by atoms with Gasteiger partial charge in [0.1, 0.15) is 0 Å². The fourth-order valence-electron chi connectivity index (χ4n) is 2.44. The topological polar surface area (TPSA) is 66.8 Å². The van der Waals surface area contributed by atoms with Crippen molar-refractivity contribution in [1.29, 1.82) is 0 Å². The zero-order valence-corrected chi connectivity index (χ0v) is 14.1. The Bertz CT molecular complexity index is 494. The maximum atomic E-state index is 11.9. The van der Waals surface area contributed by atoms with Crippen molar-refractivity contribution < 1.29 is 19.7 Å². The minimum absolute atomic E-state index is 0.113. The lowest BCUT2D eigenvalue weighted by atomic mass is 9.90. The molecule has 0 bridgehead atoms. The van der Waals surface area contributed by atoms with Gasteiger partial charge in [-0.15, -0.1) is 0 Å². The van der Waals surface area contributed by atoms with Crippen molar-refractivity contribution in [3.8, 4) is 17.2 Å². The molecule has 0 fully saturated rings. The van der Waals surface area contributed by atoms with Gasteiger partial charge in [-0.3, -0.25) is 4.79 Å². The van der Waals surface area contributed by atoms with Crippen molar-refractivity contribution in [2.45, 2.75) is 65.7 Å². The van der Waals surface area contributed by atoms with Crippen LogP contribution in [0.4, 0.5) is 0 Å². The van der Waals surface area contributed by atoms with Crippen LogP contribution in [0.1, 0.15) is 71.3 Å². The predicted molar refractivity (Wildman–Crippen MR) is 87.4 cm³/mol. The van der Waals surface area contributed by atoms with Crippen LogP contribution in [0, 0.1) is 5.92 Å². The highest BCUT2D eigenvalue weighted by Gasteiger charge is 2.23. The van der Waals surface area contributed by atoms with E-state index in [1.807, 2.05) is 0 Å². The first kappa shape index (κ1) is 18.3. The molecular formula is C18H28O4. The van der Waals surface area contributed by atoms with Gasteiger partial charge in [0.2, 0.25) is 5.75 Å². The number of aromatic hydroxyl groups is 2. The fraction of sp³-hybridized carbons (Fsp3) is 0.611. The Labute approximate surface area is 133 Å². The monoisotopic (exact) mass is 308 g/mol. The van der Waals surface area contributed by atoms with Gasteiger partial charge >= 0.3 is 5.97 Å². The van der Waals surface area contributed by atoms with Gasteiger partial charge < -0.3 is 14.9 Å². The number of carbonyl (C=O) groups excluding carboxylic acids is 1. The lowest BCUT2D eigenvalue weighted by Crippen LogP contribution is -2.16. The average molecular weight is 308 g/mol. The lowest BCUT2D eigenvalue weighted by molar-refractivity contribution is -0.137. The molecule has 0 radical (unpaired) electrons. The van der Waals surface area contributed by atoms with Crippen LogP contribution >= 0.6 is 0 Å². The molecule has 1 rings (SSSR count). The number of ether oxygens (including phenoxy) is 1. The van der Waals surface area contributed by atoms with E-state index in [2.05, 4.69) is 13.8 Å². The normalized spacial score (nSPS) is 12.4. The van der Waals surface area contributed by atoms with E-state index in [1.165, 1.54) is 6.07 Å². The third-order valence-corrected chi connectivity index (χ3v) is 3.90. The smallest absolute Gasteiger partial charge is 0.313 e. The van der Waals surface area contributed by atoms with Crippen LogP contribution in [-0.4, -0.2) is 16.2 Å². The molecule has 0 aliphatic heterocycles. The molecule has 22 heavy (non-hydrogen) atoms. The average Bonchev–Trinajstić information content (AvgIpc) is 2.49. The fourth-order valence-corrected chi connectivity index (χ4v) is 2.44. The summed E-state index contributed by atoms with van der Waals surface area (Å²) in [6, 6.07) is 3.21. The summed E-state index contributed by atoms with van der Waals surface area (Å²) in [6.45, 7) is 7.71. The van der Waals surface area contributed by atoms with E-state index in [0.29, 0.717) is 0 Å². The van der Waals surface area contributed by atoms with Crippen molar-refractivity contribution in [2.24, 2.45) is 5.92 Å². The molecule has 0 saturated heterocycles. The van der Waals surface area contributed by atoms with Crippen LogP contribution in [0.3, 0.4) is 0 Å². The molecule has 0 saturated carbocycles. The van der Waals surface area contributed by atoms with Crippen molar-refractivity contribution in [3.63, 3.8) is 0 Å². The Morgan fingerprint density at radius 2 is 1.86 bits per heavy atom. The summed E-state index contributed by atoms with van der Waals surface area (Å²) < 4.78 is 5.36. The molecule has 124 valence electrons. The van der Waals surface area contributed by atoms with Crippen molar-refractivity contribution in [3.05, 3.63) is 17.7 Å². The van der Waals surface area contributed by atoms with Gasteiger partial charge in [-0.05, 0) is 24.8 Å². The minimum Gasteiger partial charge on any atom is -0.504 e.